The first-order valence-corrected chi connectivity index (χ1v) is 5.47. The Morgan fingerprint density at radius 1 is 1.31 bits per heavy atom. The lowest BCUT2D eigenvalue weighted by Crippen LogP contribution is -2.27. The van der Waals surface area contributed by atoms with E-state index >= 15 is 0 Å². The predicted octanol–water partition coefficient (Wildman–Crippen LogP) is 2.06. The summed E-state index contributed by atoms with van der Waals surface area (Å²) in [5, 5.41) is 0. The van der Waals surface area contributed by atoms with E-state index in [4.69, 9.17) is 4.42 Å². The number of amides is 1. The number of hydrogen-bond acceptors (Lipinski definition) is 3. The Labute approximate surface area is 92.9 Å². The van der Waals surface area contributed by atoms with Gasteiger partial charge in [-0.1, -0.05) is 0 Å². The molecule has 1 amide bonds. The van der Waals surface area contributed by atoms with Crippen LogP contribution in [0, 0.1) is 0 Å². The van der Waals surface area contributed by atoms with E-state index in [-0.39, 0.29) is 5.91 Å². The Kier molecular flexibility index (Phi) is 2.13. The van der Waals surface area contributed by atoms with Crippen molar-refractivity contribution in [2.24, 2.45) is 0 Å². The largest absolute Gasteiger partial charge is 0.443 e. The van der Waals surface area contributed by atoms with Crippen molar-refractivity contribution in [3.05, 3.63) is 30.2 Å². The Balaban J connectivity index is 1.95. The van der Waals surface area contributed by atoms with Crippen molar-refractivity contribution in [1.82, 2.24) is 9.88 Å². The monoisotopic (exact) mass is 216 g/mol. The quantitative estimate of drug-likeness (QED) is 0.733. The third-order valence-electron chi connectivity index (χ3n) is 2.97. The summed E-state index contributed by atoms with van der Waals surface area (Å²) in [5.41, 5.74) is 2.16. The maximum atomic E-state index is 12.1. The van der Waals surface area contributed by atoms with Gasteiger partial charge in [-0.3, -0.25) is 4.79 Å². The van der Waals surface area contributed by atoms with Gasteiger partial charge >= 0.3 is 0 Å². The minimum absolute atomic E-state index is 0.0994. The average Bonchev–Trinajstić information content (AvgIpc) is 2.98. The van der Waals surface area contributed by atoms with Crippen LogP contribution in [0.5, 0.6) is 0 Å². The summed E-state index contributed by atoms with van der Waals surface area (Å²) in [6, 6.07) is 5.39. The van der Waals surface area contributed by atoms with E-state index in [9.17, 15) is 4.79 Å². The molecule has 3 rings (SSSR count). The molecule has 1 aromatic heterocycles. The summed E-state index contributed by atoms with van der Waals surface area (Å²) >= 11 is 0. The molecule has 0 spiro atoms. The van der Waals surface area contributed by atoms with Crippen LogP contribution in [0.1, 0.15) is 23.2 Å². The van der Waals surface area contributed by atoms with Crippen molar-refractivity contribution in [3.8, 4) is 0 Å². The highest BCUT2D eigenvalue weighted by atomic mass is 16.3. The fraction of sp³-hybridized carbons (Fsp3) is 0.333. The van der Waals surface area contributed by atoms with E-state index < -0.39 is 0 Å². The number of fused-ring (bicyclic) bond motifs is 1. The molecule has 0 bridgehead atoms. The first kappa shape index (κ1) is 9.39. The molecular formula is C12H12N2O2. The second-order valence-corrected chi connectivity index (χ2v) is 4.03. The first-order chi connectivity index (χ1) is 7.84. The SMILES string of the molecule is O=C(c1ccc2ocnc2c1)N1CCCC1. The molecule has 0 aliphatic carbocycles. The van der Waals surface area contributed by atoms with Crippen LogP contribution in [0.25, 0.3) is 11.1 Å². The first-order valence-electron chi connectivity index (χ1n) is 5.47. The highest BCUT2D eigenvalue weighted by Gasteiger charge is 2.19. The van der Waals surface area contributed by atoms with Crippen molar-refractivity contribution < 1.29 is 9.21 Å². The Morgan fingerprint density at radius 2 is 2.12 bits per heavy atom. The average molecular weight is 216 g/mol. The predicted molar refractivity (Wildman–Crippen MR) is 59.1 cm³/mol. The highest BCUT2D eigenvalue weighted by molar-refractivity contribution is 5.97. The van der Waals surface area contributed by atoms with Crippen LogP contribution < -0.4 is 0 Å². The topological polar surface area (TPSA) is 46.3 Å². The molecule has 1 aromatic carbocycles. The molecule has 0 atom stereocenters. The lowest BCUT2D eigenvalue weighted by atomic mass is 10.2. The zero-order valence-corrected chi connectivity index (χ0v) is 8.85. The lowest BCUT2D eigenvalue weighted by Gasteiger charge is -2.14. The molecule has 1 aliphatic rings. The number of carbonyl (C=O) groups excluding carboxylic acids is 1. The van der Waals surface area contributed by atoms with E-state index in [1.807, 2.05) is 4.90 Å². The van der Waals surface area contributed by atoms with Crippen LogP contribution in [0.2, 0.25) is 0 Å². The Hall–Kier alpha value is -1.84. The molecule has 1 saturated heterocycles. The van der Waals surface area contributed by atoms with E-state index in [2.05, 4.69) is 4.98 Å². The van der Waals surface area contributed by atoms with Crippen LogP contribution >= 0.6 is 0 Å². The molecular weight excluding hydrogens is 204 g/mol. The van der Waals surface area contributed by atoms with Crippen LogP contribution in [0.3, 0.4) is 0 Å². The van der Waals surface area contributed by atoms with Crippen molar-refractivity contribution in [2.45, 2.75) is 12.8 Å². The third kappa shape index (κ3) is 1.46. The number of benzene rings is 1. The van der Waals surface area contributed by atoms with Crippen molar-refractivity contribution in [3.63, 3.8) is 0 Å². The van der Waals surface area contributed by atoms with E-state index in [0.717, 1.165) is 37.0 Å². The summed E-state index contributed by atoms with van der Waals surface area (Å²) in [4.78, 5) is 18.0. The van der Waals surface area contributed by atoms with Crippen LogP contribution in [0.4, 0.5) is 0 Å². The minimum Gasteiger partial charge on any atom is -0.443 e. The lowest BCUT2D eigenvalue weighted by molar-refractivity contribution is 0.0793. The van der Waals surface area contributed by atoms with Gasteiger partial charge in [-0.15, -0.1) is 0 Å². The van der Waals surface area contributed by atoms with Gasteiger partial charge in [0.15, 0.2) is 12.0 Å². The van der Waals surface area contributed by atoms with Crippen molar-refractivity contribution >= 4 is 17.0 Å². The van der Waals surface area contributed by atoms with Crippen molar-refractivity contribution in [2.75, 3.05) is 13.1 Å². The van der Waals surface area contributed by atoms with E-state index in [1.54, 1.807) is 18.2 Å². The number of oxazole rings is 1. The van der Waals surface area contributed by atoms with Crippen LogP contribution in [0.15, 0.2) is 29.0 Å². The van der Waals surface area contributed by atoms with Crippen LogP contribution in [-0.4, -0.2) is 28.9 Å². The van der Waals surface area contributed by atoms with E-state index in [0.29, 0.717) is 5.56 Å². The molecule has 1 aliphatic heterocycles. The van der Waals surface area contributed by atoms with E-state index in [1.165, 1.54) is 6.39 Å². The molecule has 0 radical (unpaired) electrons. The molecule has 2 aromatic rings. The van der Waals surface area contributed by atoms with Gasteiger partial charge in [0.25, 0.3) is 5.91 Å². The Morgan fingerprint density at radius 3 is 2.94 bits per heavy atom. The van der Waals surface area contributed by atoms with Gasteiger partial charge in [0.1, 0.15) is 5.52 Å². The minimum atomic E-state index is 0.0994. The van der Waals surface area contributed by atoms with Gasteiger partial charge in [0, 0.05) is 18.7 Å². The number of nitrogens with zero attached hydrogens (tertiary/aromatic N) is 2. The number of carbonyl (C=O) groups is 1. The second kappa shape index (κ2) is 3.63. The van der Waals surface area contributed by atoms with Gasteiger partial charge < -0.3 is 9.32 Å². The maximum Gasteiger partial charge on any atom is 0.253 e. The molecule has 16 heavy (non-hydrogen) atoms. The fourth-order valence-electron chi connectivity index (χ4n) is 2.09. The zero-order chi connectivity index (χ0) is 11.0. The van der Waals surface area contributed by atoms with Gasteiger partial charge in [-0.2, -0.15) is 0 Å². The Bertz CT molecular complexity index is 527. The second-order valence-electron chi connectivity index (χ2n) is 4.03. The molecule has 0 N–H and O–H groups in total. The normalized spacial score (nSPS) is 15.9. The summed E-state index contributed by atoms with van der Waals surface area (Å²) in [7, 11) is 0. The number of aromatic nitrogens is 1. The van der Waals surface area contributed by atoms with Gasteiger partial charge in [0.05, 0.1) is 0 Å². The maximum absolute atomic E-state index is 12.1. The van der Waals surface area contributed by atoms with Gasteiger partial charge in [0.2, 0.25) is 0 Å². The molecule has 2 heterocycles. The summed E-state index contributed by atoms with van der Waals surface area (Å²) in [5.74, 6) is 0.0994. The molecule has 82 valence electrons. The molecule has 4 heteroatoms. The number of likely N-dealkylation sites (tertiary alicyclic amines) is 1. The third-order valence-corrected chi connectivity index (χ3v) is 2.97. The molecule has 1 fully saturated rings. The number of hydrogen-bond donors (Lipinski definition) is 0. The zero-order valence-electron chi connectivity index (χ0n) is 8.85. The van der Waals surface area contributed by atoms with Gasteiger partial charge in [-0.05, 0) is 31.0 Å². The summed E-state index contributed by atoms with van der Waals surface area (Å²) in [6.45, 7) is 1.74. The molecule has 0 saturated carbocycles. The highest BCUT2D eigenvalue weighted by Crippen LogP contribution is 2.17. The smallest absolute Gasteiger partial charge is 0.253 e. The van der Waals surface area contributed by atoms with Crippen LogP contribution in [-0.2, 0) is 0 Å². The molecule has 0 unspecified atom stereocenters. The fourth-order valence-corrected chi connectivity index (χ4v) is 2.09. The summed E-state index contributed by atoms with van der Waals surface area (Å²) < 4.78 is 5.14. The standard InChI is InChI=1S/C12H12N2O2/c15-12(14-5-1-2-6-14)9-3-4-11-10(7-9)13-8-16-11/h3-4,7-8H,1-2,5-6H2. The summed E-state index contributed by atoms with van der Waals surface area (Å²) in [6.07, 6.45) is 3.62. The molecule has 4 nitrogen and oxygen atoms in total. The van der Waals surface area contributed by atoms with Gasteiger partial charge in [-0.25, -0.2) is 4.98 Å². The van der Waals surface area contributed by atoms with Crippen molar-refractivity contribution in [1.29, 1.82) is 0 Å². The number of rotatable bonds is 1.